The number of aryl methyl sites for hydroxylation is 1. The van der Waals surface area contributed by atoms with Gasteiger partial charge in [-0.2, -0.15) is 0 Å². The van der Waals surface area contributed by atoms with Crippen LogP contribution in [0.2, 0.25) is 0 Å². The van der Waals surface area contributed by atoms with E-state index in [4.69, 9.17) is 5.73 Å². The van der Waals surface area contributed by atoms with Gasteiger partial charge in [-0.25, -0.2) is 0 Å². The fraction of sp³-hybridized carbons (Fsp3) is 0.231. The van der Waals surface area contributed by atoms with Crippen molar-refractivity contribution in [3.63, 3.8) is 0 Å². The Morgan fingerprint density at radius 1 is 1.35 bits per heavy atom. The molecule has 3 N–H and O–H groups in total. The predicted octanol–water partition coefficient (Wildman–Crippen LogP) is 3.21. The molecule has 0 aliphatic carbocycles. The maximum absolute atomic E-state index is 6.31. The molecule has 1 aliphatic rings. The highest BCUT2D eigenvalue weighted by molar-refractivity contribution is 7.16. The first-order chi connectivity index (χ1) is 8.16. The summed E-state index contributed by atoms with van der Waals surface area (Å²) in [7, 11) is 2.04. The van der Waals surface area contributed by atoms with E-state index in [1.165, 1.54) is 10.4 Å². The summed E-state index contributed by atoms with van der Waals surface area (Å²) in [5.41, 5.74) is 9.74. The summed E-state index contributed by atoms with van der Waals surface area (Å²) in [5.74, 6) is 0. The third-order valence-electron chi connectivity index (χ3n) is 3.15. The number of fused-ring (bicyclic) bond motifs is 2. The summed E-state index contributed by atoms with van der Waals surface area (Å²) in [5, 5.41) is 4.64. The summed E-state index contributed by atoms with van der Waals surface area (Å²) in [6, 6.07) is 10.4. The van der Waals surface area contributed by atoms with E-state index < -0.39 is 0 Å². The van der Waals surface area contributed by atoms with Gasteiger partial charge in [0.1, 0.15) is 6.17 Å². The van der Waals surface area contributed by atoms with Crippen LogP contribution in [0, 0.1) is 6.92 Å². The van der Waals surface area contributed by atoms with Crippen molar-refractivity contribution in [3.05, 3.63) is 40.8 Å². The lowest BCUT2D eigenvalue weighted by molar-refractivity contribution is 0.714. The van der Waals surface area contributed by atoms with Gasteiger partial charge in [-0.05, 0) is 25.1 Å². The zero-order valence-electron chi connectivity index (χ0n) is 9.90. The lowest BCUT2D eigenvalue weighted by Gasteiger charge is -2.25. The molecular weight excluding hydrogens is 230 g/mol. The minimum Gasteiger partial charge on any atom is -0.353 e. The number of thiophene rings is 1. The van der Waals surface area contributed by atoms with E-state index in [0.29, 0.717) is 0 Å². The zero-order chi connectivity index (χ0) is 12.0. The van der Waals surface area contributed by atoms with Crippen LogP contribution in [0.25, 0.3) is 0 Å². The second-order valence-corrected chi connectivity index (χ2v) is 5.60. The van der Waals surface area contributed by atoms with Crippen LogP contribution in [-0.4, -0.2) is 7.05 Å². The van der Waals surface area contributed by atoms with Crippen molar-refractivity contribution in [2.75, 3.05) is 17.3 Å². The number of hydrogen-bond donors (Lipinski definition) is 2. The molecule has 1 atom stereocenters. The maximum atomic E-state index is 6.31. The molecule has 0 amide bonds. The van der Waals surface area contributed by atoms with E-state index in [1.54, 1.807) is 11.3 Å². The van der Waals surface area contributed by atoms with Gasteiger partial charge in [-0.1, -0.05) is 12.1 Å². The van der Waals surface area contributed by atoms with E-state index in [2.05, 4.69) is 35.3 Å². The lowest BCUT2D eigenvalue weighted by atomic mass is 10.2. The van der Waals surface area contributed by atoms with Crippen molar-refractivity contribution in [2.45, 2.75) is 13.1 Å². The largest absolute Gasteiger partial charge is 0.353 e. The summed E-state index contributed by atoms with van der Waals surface area (Å²) in [6.45, 7) is 2.11. The molecule has 2 aromatic rings. The van der Waals surface area contributed by atoms with Crippen LogP contribution in [0.1, 0.15) is 16.6 Å². The fourth-order valence-electron chi connectivity index (χ4n) is 2.22. The van der Waals surface area contributed by atoms with E-state index in [1.807, 2.05) is 19.2 Å². The lowest BCUT2D eigenvalue weighted by Crippen LogP contribution is -2.30. The van der Waals surface area contributed by atoms with Gasteiger partial charge in [0.2, 0.25) is 0 Å². The third kappa shape index (κ3) is 1.61. The Hall–Kier alpha value is -1.52. The van der Waals surface area contributed by atoms with Gasteiger partial charge in [0.25, 0.3) is 0 Å². The van der Waals surface area contributed by atoms with Crippen molar-refractivity contribution in [3.8, 4) is 0 Å². The Morgan fingerprint density at radius 3 is 2.94 bits per heavy atom. The molecule has 1 aromatic heterocycles. The van der Waals surface area contributed by atoms with Crippen LogP contribution in [-0.2, 0) is 0 Å². The molecule has 0 bridgehead atoms. The number of rotatable bonds is 0. The SMILES string of the molecule is Cc1cc2c(s1)Nc1ccccc1N(C)C2N. The predicted molar refractivity (Wildman–Crippen MR) is 74.1 cm³/mol. The molecule has 0 saturated heterocycles. The topological polar surface area (TPSA) is 41.3 Å². The number of nitrogens with one attached hydrogen (secondary N) is 1. The Kier molecular flexibility index (Phi) is 2.34. The highest BCUT2D eigenvalue weighted by Crippen LogP contribution is 2.42. The smallest absolute Gasteiger partial charge is 0.106 e. The van der Waals surface area contributed by atoms with Gasteiger partial charge < -0.3 is 16.0 Å². The number of nitrogens with zero attached hydrogens (tertiary/aromatic N) is 1. The van der Waals surface area contributed by atoms with Crippen molar-refractivity contribution in [1.29, 1.82) is 0 Å². The first-order valence-electron chi connectivity index (χ1n) is 5.61. The minimum atomic E-state index is -0.0916. The molecule has 0 fully saturated rings. The summed E-state index contributed by atoms with van der Waals surface area (Å²) in [6.07, 6.45) is -0.0916. The van der Waals surface area contributed by atoms with Crippen LogP contribution >= 0.6 is 11.3 Å². The first-order valence-corrected chi connectivity index (χ1v) is 6.43. The molecule has 0 saturated carbocycles. The van der Waals surface area contributed by atoms with E-state index in [-0.39, 0.29) is 6.17 Å². The molecule has 1 aliphatic heterocycles. The molecular formula is C13H15N3S. The molecule has 3 rings (SSSR count). The molecule has 88 valence electrons. The zero-order valence-corrected chi connectivity index (χ0v) is 10.7. The molecule has 17 heavy (non-hydrogen) atoms. The fourth-order valence-corrected chi connectivity index (χ4v) is 3.19. The normalized spacial score (nSPS) is 18.1. The average Bonchev–Trinajstić information content (AvgIpc) is 2.65. The van der Waals surface area contributed by atoms with E-state index in [9.17, 15) is 0 Å². The quantitative estimate of drug-likeness (QED) is 0.749. The Bertz CT molecular complexity index is 562. The molecule has 1 aromatic carbocycles. The van der Waals surface area contributed by atoms with Crippen LogP contribution in [0.4, 0.5) is 16.4 Å². The molecule has 3 nitrogen and oxygen atoms in total. The van der Waals surface area contributed by atoms with Gasteiger partial charge in [0, 0.05) is 17.5 Å². The van der Waals surface area contributed by atoms with Crippen LogP contribution in [0.3, 0.4) is 0 Å². The highest BCUT2D eigenvalue weighted by atomic mass is 32.1. The molecule has 2 heterocycles. The maximum Gasteiger partial charge on any atom is 0.106 e. The van der Waals surface area contributed by atoms with Crippen molar-refractivity contribution >= 4 is 27.7 Å². The summed E-state index contributed by atoms with van der Waals surface area (Å²) >= 11 is 1.76. The molecule has 1 unspecified atom stereocenters. The molecule has 0 radical (unpaired) electrons. The standard InChI is InChI=1S/C13H15N3S/c1-8-7-9-12(14)16(2)11-6-4-3-5-10(11)15-13(9)17-8/h3-7,12,15H,14H2,1-2H3. The number of anilines is 3. The van der Waals surface area contributed by atoms with Crippen molar-refractivity contribution in [2.24, 2.45) is 5.73 Å². The first kappa shape index (κ1) is 10.6. The van der Waals surface area contributed by atoms with Crippen molar-refractivity contribution < 1.29 is 0 Å². The number of hydrogen-bond acceptors (Lipinski definition) is 4. The Morgan fingerprint density at radius 2 is 2.12 bits per heavy atom. The molecule has 4 heteroatoms. The van der Waals surface area contributed by atoms with Crippen LogP contribution in [0.5, 0.6) is 0 Å². The van der Waals surface area contributed by atoms with E-state index in [0.717, 1.165) is 16.4 Å². The van der Waals surface area contributed by atoms with Gasteiger partial charge in [-0.3, -0.25) is 0 Å². The van der Waals surface area contributed by atoms with Gasteiger partial charge >= 0.3 is 0 Å². The Labute approximate surface area is 105 Å². The number of nitrogens with two attached hydrogens (primary N) is 1. The van der Waals surface area contributed by atoms with E-state index >= 15 is 0 Å². The average molecular weight is 245 g/mol. The van der Waals surface area contributed by atoms with Gasteiger partial charge in [0.15, 0.2) is 0 Å². The van der Waals surface area contributed by atoms with Crippen LogP contribution in [0.15, 0.2) is 30.3 Å². The third-order valence-corrected chi connectivity index (χ3v) is 4.13. The second kappa shape index (κ2) is 3.75. The van der Waals surface area contributed by atoms with Gasteiger partial charge in [0.05, 0.1) is 16.4 Å². The monoisotopic (exact) mass is 245 g/mol. The minimum absolute atomic E-state index is 0.0916. The number of benzene rings is 1. The van der Waals surface area contributed by atoms with Crippen molar-refractivity contribution in [1.82, 2.24) is 0 Å². The van der Waals surface area contributed by atoms with Crippen LogP contribution < -0.4 is 16.0 Å². The van der Waals surface area contributed by atoms with Gasteiger partial charge in [-0.15, -0.1) is 11.3 Å². The molecule has 0 spiro atoms. The second-order valence-electron chi connectivity index (χ2n) is 4.34. The number of para-hydroxylation sites is 2. The Balaban J connectivity index is 2.19. The highest BCUT2D eigenvalue weighted by Gasteiger charge is 2.24. The summed E-state index contributed by atoms with van der Waals surface area (Å²) < 4.78 is 0. The summed E-state index contributed by atoms with van der Waals surface area (Å²) in [4.78, 5) is 3.39.